The van der Waals surface area contributed by atoms with Crippen LogP contribution in [0.3, 0.4) is 0 Å². The number of phenols is 10. The minimum atomic E-state index is 0.185. The quantitative estimate of drug-likeness (QED) is 0.0677. The van der Waals surface area contributed by atoms with Gasteiger partial charge in [-0.05, 0) is 161 Å². The molecule has 0 aromatic heterocycles. The van der Waals surface area contributed by atoms with Gasteiger partial charge in [0.2, 0.25) is 0 Å². The SMILES string of the molecule is Cc1c(O)ccc(O)c1C.Cc1cc(O)c(C)cc1O.Cc1cc(O)c2ccccc2c1O.Cc1cc(O)cc(C)c1O.Cc1cc(O)ccc1O. The molecule has 0 aliphatic carbocycles. The molecule has 6 aromatic rings. The Kier molecular flexibility index (Phi) is 14.9. The molecule has 0 unspecified atom stereocenters. The van der Waals surface area contributed by atoms with E-state index in [1.165, 1.54) is 42.5 Å². The molecule has 0 saturated heterocycles. The Bertz CT molecular complexity index is 2040. The normalized spacial score (nSPS) is 9.92. The fourth-order valence-electron chi connectivity index (χ4n) is 4.63. The van der Waals surface area contributed by atoms with Gasteiger partial charge in [0.05, 0.1) is 0 Å². The van der Waals surface area contributed by atoms with Gasteiger partial charge < -0.3 is 51.1 Å². The topological polar surface area (TPSA) is 202 Å². The number of rotatable bonds is 0. The van der Waals surface area contributed by atoms with Gasteiger partial charge in [-0.1, -0.05) is 24.3 Å². The summed E-state index contributed by atoms with van der Waals surface area (Å²) in [6, 6.07) is 22.3. The maximum absolute atomic E-state index is 9.67. The van der Waals surface area contributed by atoms with E-state index in [-0.39, 0.29) is 57.5 Å². The first-order valence-electron chi connectivity index (χ1n) is 16.1. The summed E-state index contributed by atoms with van der Waals surface area (Å²) in [4.78, 5) is 0. The summed E-state index contributed by atoms with van der Waals surface area (Å²) in [7, 11) is 0. The second-order valence-corrected chi connectivity index (χ2v) is 12.3. The molecule has 0 spiro atoms. The van der Waals surface area contributed by atoms with Crippen LogP contribution in [0.4, 0.5) is 0 Å². The summed E-state index contributed by atoms with van der Waals surface area (Å²) >= 11 is 0. The van der Waals surface area contributed by atoms with Crippen LogP contribution >= 0.6 is 0 Å². The number of phenolic OH excluding ortho intramolecular Hbond substituents is 10. The summed E-state index contributed by atoms with van der Waals surface area (Å²) in [5.41, 5.74) is 5.66. The third-order valence-electron chi connectivity index (χ3n) is 8.09. The van der Waals surface area contributed by atoms with Crippen LogP contribution in [0.2, 0.25) is 0 Å². The first-order valence-corrected chi connectivity index (χ1v) is 16.1. The maximum Gasteiger partial charge on any atom is 0.126 e. The molecular weight excluding hydrogens is 664 g/mol. The highest BCUT2D eigenvalue weighted by Crippen LogP contribution is 2.34. The summed E-state index contributed by atoms with van der Waals surface area (Å²) < 4.78 is 0. The van der Waals surface area contributed by atoms with Gasteiger partial charge in [0.25, 0.3) is 0 Å². The fourth-order valence-corrected chi connectivity index (χ4v) is 4.63. The van der Waals surface area contributed by atoms with Crippen molar-refractivity contribution in [2.24, 2.45) is 0 Å². The number of aromatic hydroxyl groups is 10. The number of aryl methyl sites for hydroxylation is 6. The van der Waals surface area contributed by atoms with E-state index in [0.717, 1.165) is 11.1 Å². The largest absolute Gasteiger partial charge is 0.508 e. The number of fused-ring (bicyclic) bond motifs is 1. The monoisotopic (exact) mass is 712 g/mol. The minimum Gasteiger partial charge on any atom is -0.508 e. The Morgan fingerprint density at radius 1 is 0.288 bits per heavy atom. The van der Waals surface area contributed by atoms with Crippen molar-refractivity contribution in [3.05, 3.63) is 129 Å². The van der Waals surface area contributed by atoms with Gasteiger partial charge in [-0.3, -0.25) is 0 Å². The third kappa shape index (κ3) is 11.6. The second kappa shape index (κ2) is 18.5. The molecule has 0 radical (unpaired) electrons. The molecule has 0 amide bonds. The van der Waals surface area contributed by atoms with Crippen molar-refractivity contribution in [3.63, 3.8) is 0 Å². The van der Waals surface area contributed by atoms with Gasteiger partial charge in [-0.15, -0.1) is 0 Å². The van der Waals surface area contributed by atoms with Crippen LogP contribution in [0.1, 0.15) is 44.5 Å². The van der Waals surface area contributed by atoms with Gasteiger partial charge in [0.1, 0.15) is 57.5 Å². The second-order valence-electron chi connectivity index (χ2n) is 12.3. The molecule has 0 heterocycles. The highest BCUT2D eigenvalue weighted by Gasteiger charge is 2.07. The van der Waals surface area contributed by atoms with E-state index >= 15 is 0 Å². The van der Waals surface area contributed by atoms with Crippen LogP contribution < -0.4 is 0 Å². The van der Waals surface area contributed by atoms with E-state index < -0.39 is 0 Å². The van der Waals surface area contributed by atoms with Gasteiger partial charge in [-0.2, -0.15) is 0 Å². The van der Waals surface area contributed by atoms with Gasteiger partial charge in [0.15, 0.2) is 0 Å². The van der Waals surface area contributed by atoms with Crippen LogP contribution in [-0.2, 0) is 0 Å². The number of hydrogen-bond donors (Lipinski definition) is 10. The smallest absolute Gasteiger partial charge is 0.126 e. The molecule has 10 heteroatoms. The maximum atomic E-state index is 9.67. The molecule has 0 aliphatic rings. The van der Waals surface area contributed by atoms with Gasteiger partial charge >= 0.3 is 0 Å². The molecule has 0 saturated carbocycles. The van der Waals surface area contributed by atoms with Crippen molar-refractivity contribution < 1.29 is 51.1 Å². The van der Waals surface area contributed by atoms with Crippen molar-refractivity contribution in [1.82, 2.24) is 0 Å². The first kappa shape index (κ1) is 41.7. The molecule has 52 heavy (non-hydrogen) atoms. The van der Waals surface area contributed by atoms with Crippen molar-refractivity contribution in [2.45, 2.75) is 55.4 Å². The van der Waals surface area contributed by atoms with E-state index in [4.69, 9.17) is 35.7 Å². The van der Waals surface area contributed by atoms with E-state index in [0.29, 0.717) is 44.2 Å². The Hall–Kier alpha value is -6.42. The van der Waals surface area contributed by atoms with Crippen molar-refractivity contribution >= 4 is 10.8 Å². The van der Waals surface area contributed by atoms with E-state index in [1.807, 2.05) is 12.1 Å². The average molecular weight is 713 g/mol. The molecule has 0 fully saturated rings. The zero-order valence-electron chi connectivity index (χ0n) is 30.6. The minimum absolute atomic E-state index is 0.185. The lowest BCUT2D eigenvalue weighted by atomic mass is 10.1. The Labute approximate surface area is 303 Å². The highest BCUT2D eigenvalue weighted by molar-refractivity contribution is 5.93. The van der Waals surface area contributed by atoms with E-state index in [2.05, 4.69) is 0 Å². The van der Waals surface area contributed by atoms with Crippen LogP contribution in [0, 0.1) is 55.4 Å². The van der Waals surface area contributed by atoms with Gasteiger partial charge in [-0.25, -0.2) is 0 Å². The van der Waals surface area contributed by atoms with Crippen LogP contribution in [0.25, 0.3) is 10.8 Å². The van der Waals surface area contributed by atoms with Crippen LogP contribution in [-0.4, -0.2) is 51.1 Å². The zero-order valence-corrected chi connectivity index (χ0v) is 30.6. The summed E-state index contributed by atoms with van der Waals surface area (Å²) in [6.45, 7) is 14.0. The van der Waals surface area contributed by atoms with Crippen molar-refractivity contribution in [2.75, 3.05) is 0 Å². The van der Waals surface area contributed by atoms with Crippen LogP contribution in [0.5, 0.6) is 57.5 Å². The standard InChI is InChI=1S/C11H10O2.3C8H10O2.C7H8O2/c1-7-6-10(12)8-4-2-3-5-9(8)11(7)13;1-5-3-8(10)6(2)4-7(5)9;1-5-3-7(9)4-6(2)8(5)10;1-5-6(2)8(10)4-3-7(5)9;1-5-4-6(8)2-3-7(5)9/h2-6,12-13H,1H3;3*3-4,9-10H,1-2H3;2-4,8-9H,1H3. The fraction of sp³-hybridized carbons (Fsp3) is 0.190. The Morgan fingerprint density at radius 3 is 1.10 bits per heavy atom. The molecule has 10 N–H and O–H groups in total. The molecule has 0 atom stereocenters. The highest BCUT2D eigenvalue weighted by atomic mass is 16.3. The molecule has 6 aromatic carbocycles. The van der Waals surface area contributed by atoms with Crippen molar-refractivity contribution in [1.29, 1.82) is 0 Å². The Morgan fingerprint density at radius 2 is 0.654 bits per heavy atom. The predicted molar refractivity (Wildman–Crippen MR) is 204 cm³/mol. The van der Waals surface area contributed by atoms with Gasteiger partial charge in [0, 0.05) is 10.8 Å². The third-order valence-corrected chi connectivity index (χ3v) is 8.09. The molecule has 276 valence electrons. The molecular formula is C42H48O10. The molecule has 10 nitrogen and oxygen atoms in total. The first-order chi connectivity index (χ1) is 24.2. The summed E-state index contributed by atoms with van der Waals surface area (Å²) in [5.74, 6) is 2.25. The van der Waals surface area contributed by atoms with Crippen LogP contribution in [0.15, 0.2) is 84.9 Å². The van der Waals surface area contributed by atoms with E-state index in [1.54, 1.807) is 85.7 Å². The molecule has 0 bridgehead atoms. The lowest BCUT2D eigenvalue weighted by molar-refractivity contribution is 0.453. The Balaban J connectivity index is 0.000000227. The lowest BCUT2D eigenvalue weighted by Crippen LogP contribution is -1.81. The predicted octanol–water partition coefficient (Wildman–Crippen LogP) is 9.11. The van der Waals surface area contributed by atoms with Crippen molar-refractivity contribution in [3.8, 4) is 57.5 Å². The summed E-state index contributed by atoms with van der Waals surface area (Å²) in [6.07, 6.45) is 0. The molecule has 6 rings (SSSR count). The average Bonchev–Trinajstić information content (AvgIpc) is 3.09. The summed E-state index contributed by atoms with van der Waals surface area (Å²) in [5, 5.41) is 93.1. The lowest BCUT2D eigenvalue weighted by Gasteiger charge is -2.05. The molecule has 0 aliphatic heterocycles. The number of hydrogen-bond acceptors (Lipinski definition) is 10. The number of benzene rings is 6. The van der Waals surface area contributed by atoms with E-state index in [9.17, 15) is 15.3 Å². The zero-order chi connectivity index (χ0) is 39.4.